The van der Waals surface area contributed by atoms with Crippen LogP contribution in [0.3, 0.4) is 0 Å². The summed E-state index contributed by atoms with van der Waals surface area (Å²) in [5, 5.41) is 0. The molecule has 24 heavy (non-hydrogen) atoms. The van der Waals surface area contributed by atoms with Crippen molar-refractivity contribution in [3.63, 3.8) is 0 Å². The average molecular weight is 353 g/mol. The lowest BCUT2D eigenvalue weighted by Crippen LogP contribution is -2.51. The molecule has 0 N–H and O–H groups in total. The summed E-state index contributed by atoms with van der Waals surface area (Å²) in [6, 6.07) is 10.3. The van der Waals surface area contributed by atoms with Gasteiger partial charge in [-0.05, 0) is 12.0 Å². The van der Waals surface area contributed by atoms with Gasteiger partial charge in [-0.2, -0.15) is 4.31 Å². The summed E-state index contributed by atoms with van der Waals surface area (Å²) in [4.78, 5) is 16.5. The van der Waals surface area contributed by atoms with E-state index in [9.17, 15) is 13.2 Å². The molecule has 134 valence electrons. The van der Waals surface area contributed by atoms with Gasteiger partial charge in [-0.15, -0.1) is 0 Å². The molecule has 2 rings (SSSR count). The molecule has 1 heterocycles. The molecule has 0 radical (unpaired) electrons. The molecular weight excluding hydrogens is 326 g/mol. The van der Waals surface area contributed by atoms with Gasteiger partial charge >= 0.3 is 0 Å². The number of carbonyl (C=O) groups is 1. The van der Waals surface area contributed by atoms with E-state index in [1.54, 1.807) is 4.90 Å². The fourth-order valence-electron chi connectivity index (χ4n) is 2.86. The van der Waals surface area contributed by atoms with Crippen LogP contribution in [0.5, 0.6) is 0 Å². The van der Waals surface area contributed by atoms with Crippen molar-refractivity contribution in [1.29, 1.82) is 0 Å². The van der Waals surface area contributed by atoms with E-state index in [4.69, 9.17) is 0 Å². The minimum Gasteiger partial charge on any atom is -0.339 e. The molecule has 1 aromatic rings. The number of piperazine rings is 1. The number of nitrogens with zero attached hydrogens (tertiary/aromatic N) is 3. The smallest absolute Gasteiger partial charge is 0.237 e. The summed E-state index contributed by atoms with van der Waals surface area (Å²) in [6.45, 7) is 6.05. The van der Waals surface area contributed by atoms with Gasteiger partial charge in [-0.3, -0.25) is 9.69 Å². The maximum absolute atomic E-state index is 12.4. The fourth-order valence-corrected chi connectivity index (χ4v) is 3.72. The van der Waals surface area contributed by atoms with Crippen molar-refractivity contribution in [2.24, 2.45) is 0 Å². The molecule has 6 nitrogen and oxygen atoms in total. The topological polar surface area (TPSA) is 60.9 Å². The Morgan fingerprint density at radius 2 is 1.75 bits per heavy atom. The third-order valence-corrected chi connectivity index (χ3v) is 5.48. The van der Waals surface area contributed by atoms with Crippen LogP contribution in [0, 0.1) is 0 Å². The Bertz CT molecular complexity index is 626. The summed E-state index contributed by atoms with van der Waals surface area (Å²) >= 11 is 0. The monoisotopic (exact) mass is 353 g/mol. The van der Waals surface area contributed by atoms with Crippen LogP contribution in [-0.2, 0) is 21.4 Å². The molecule has 1 aliphatic rings. The Hall–Kier alpha value is -1.44. The van der Waals surface area contributed by atoms with E-state index in [2.05, 4.69) is 17.0 Å². The van der Waals surface area contributed by atoms with E-state index in [0.717, 1.165) is 25.9 Å². The normalized spacial score (nSPS) is 16.5. The maximum Gasteiger partial charge on any atom is 0.237 e. The molecule has 1 amide bonds. The number of hydrogen-bond donors (Lipinski definition) is 0. The minimum atomic E-state index is -3.34. The molecule has 1 saturated heterocycles. The van der Waals surface area contributed by atoms with Crippen molar-refractivity contribution in [2.75, 3.05) is 45.5 Å². The molecule has 0 aromatic heterocycles. The number of sulfonamides is 1. The number of benzene rings is 1. The first-order chi connectivity index (χ1) is 11.4. The Morgan fingerprint density at radius 1 is 1.12 bits per heavy atom. The van der Waals surface area contributed by atoms with Gasteiger partial charge in [0.1, 0.15) is 0 Å². The molecular formula is C17H27N3O3S. The third-order valence-electron chi connectivity index (χ3n) is 4.23. The molecule has 1 aliphatic heterocycles. The van der Waals surface area contributed by atoms with Crippen LogP contribution >= 0.6 is 0 Å². The van der Waals surface area contributed by atoms with Crippen molar-refractivity contribution < 1.29 is 13.2 Å². The first-order valence-corrected chi connectivity index (χ1v) is 10.2. The first kappa shape index (κ1) is 18.9. The number of rotatable bonds is 7. The standard InChI is InChI=1S/C17H27N3O3S/c1-3-9-20(24(2,22)23)15-17(21)19-12-10-18(11-13-19)14-16-7-5-4-6-8-16/h4-8H,3,9-15H2,1-2H3. The lowest BCUT2D eigenvalue weighted by Gasteiger charge is -2.35. The highest BCUT2D eigenvalue weighted by Crippen LogP contribution is 2.09. The predicted octanol–water partition coefficient (Wildman–Crippen LogP) is 1.00. The Morgan fingerprint density at radius 3 is 2.29 bits per heavy atom. The molecule has 0 aliphatic carbocycles. The van der Waals surface area contributed by atoms with Crippen molar-refractivity contribution in [2.45, 2.75) is 19.9 Å². The Kier molecular flexibility index (Phi) is 6.77. The van der Waals surface area contributed by atoms with Crippen LogP contribution in [0.1, 0.15) is 18.9 Å². The molecule has 0 unspecified atom stereocenters. The zero-order chi connectivity index (χ0) is 17.6. The summed E-state index contributed by atoms with van der Waals surface area (Å²) in [7, 11) is -3.34. The molecule has 1 aromatic carbocycles. The SMILES string of the molecule is CCCN(CC(=O)N1CCN(Cc2ccccc2)CC1)S(C)(=O)=O. The quantitative estimate of drug-likeness (QED) is 0.734. The summed E-state index contributed by atoms with van der Waals surface area (Å²) < 4.78 is 24.8. The lowest BCUT2D eigenvalue weighted by atomic mass is 10.2. The van der Waals surface area contributed by atoms with Crippen LogP contribution in [0.25, 0.3) is 0 Å². The van der Waals surface area contributed by atoms with Gasteiger partial charge in [-0.1, -0.05) is 37.3 Å². The molecule has 7 heteroatoms. The molecule has 1 fully saturated rings. The fraction of sp³-hybridized carbons (Fsp3) is 0.588. The first-order valence-electron chi connectivity index (χ1n) is 8.39. The van der Waals surface area contributed by atoms with Gasteiger partial charge < -0.3 is 4.90 Å². The van der Waals surface area contributed by atoms with Crippen LogP contribution < -0.4 is 0 Å². The average Bonchev–Trinajstić information content (AvgIpc) is 2.55. The van der Waals surface area contributed by atoms with Crippen molar-refractivity contribution in [3.05, 3.63) is 35.9 Å². The van der Waals surface area contributed by atoms with Gasteiger partial charge in [0.15, 0.2) is 0 Å². The second kappa shape index (κ2) is 8.60. The molecule has 0 atom stereocenters. The van der Waals surface area contributed by atoms with E-state index in [-0.39, 0.29) is 12.5 Å². The Balaban J connectivity index is 1.84. The van der Waals surface area contributed by atoms with Gasteiger partial charge in [-0.25, -0.2) is 8.42 Å². The number of hydrogen-bond acceptors (Lipinski definition) is 4. The number of amides is 1. The van der Waals surface area contributed by atoms with Gasteiger partial charge in [0, 0.05) is 39.3 Å². The van der Waals surface area contributed by atoms with E-state index in [1.165, 1.54) is 9.87 Å². The highest BCUT2D eigenvalue weighted by Gasteiger charge is 2.25. The summed E-state index contributed by atoms with van der Waals surface area (Å²) in [5.41, 5.74) is 1.27. The van der Waals surface area contributed by atoms with Crippen LogP contribution in [0.15, 0.2) is 30.3 Å². The second-order valence-electron chi connectivity index (χ2n) is 6.24. The van der Waals surface area contributed by atoms with E-state index < -0.39 is 10.0 Å². The summed E-state index contributed by atoms with van der Waals surface area (Å²) in [5.74, 6) is -0.103. The third kappa shape index (κ3) is 5.58. The largest absolute Gasteiger partial charge is 0.339 e. The van der Waals surface area contributed by atoms with Gasteiger partial charge in [0.2, 0.25) is 15.9 Å². The zero-order valence-corrected chi connectivity index (χ0v) is 15.3. The van der Waals surface area contributed by atoms with Crippen molar-refractivity contribution in [1.82, 2.24) is 14.1 Å². The Labute approximate surface area is 145 Å². The van der Waals surface area contributed by atoms with Crippen LogP contribution in [0.2, 0.25) is 0 Å². The zero-order valence-electron chi connectivity index (χ0n) is 14.5. The van der Waals surface area contributed by atoms with E-state index >= 15 is 0 Å². The van der Waals surface area contributed by atoms with E-state index in [0.29, 0.717) is 26.1 Å². The second-order valence-corrected chi connectivity index (χ2v) is 8.22. The van der Waals surface area contributed by atoms with Gasteiger partial charge in [0.25, 0.3) is 0 Å². The van der Waals surface area contributed by atoms with Gasteiger partial charge in [0.05, 0.1) is 12.8 Å². The van der Waals surface area contributed by atoms with Crippen molar-refractivity contribution in [3.8, 4) is 0 Å². The maximum atomic E-state index is 12.4. The number of carbonyl (C=O) groups excluding carboxylic acids is 1. The van der Waals surface area contributed by atoms with E-state index in [1.807, 2.05) is 25.1 Å². The molecule has 0 spiro atoms. The summed E-state index contributed by atoms with van der Waals surface area (Å²) in [6.07, 6.45) is 1.86. The molecule has 0 saturated carbocycles. The van der Waals surface area contributed by atoms with Crippen molar-refractivity contribution >= 4 is 15.9 Å². The highest BCUT2D eigenvalue weighted by molar-refractivity contribution is 7.88. The lowest BCUT2D eigenvalue weighted by molar-refractivity contribution is -0.133. The minimum absolute atomic E-state index is 0.0502. The van der Waals surface area contributed by atoms with Crippen LogP contribution in [-0.4, -0.2) is 74.0 Å². The molecule has 0 bridgehead atoms. The predicted molar refractivity (Wildman–Crippen MR) is 95.0 cm³/mol. The highest BCUT2D eigenvalue weighted by atomic mass is 32.2. The van der Waals surface area contributed by atoms with Crippen LogP contribution in [0.4, 0.5) is 0 Å².